The lowest BCUT2D eigenvalue weighted by atomic mass is 9.89. The third-order valence-electron chi connectivity index (χ3n) is 7.95. The predicted molar refractivity (Wildman–Crippen MR) is 147 cm³/mol. The van der Waals surface area contributed by atoms with Gasteiger partial charge in [-0.1, -0.05) is 30.3 Å². The summed E-state index contributed by atoms with van der Waals surface area (Å²) in [7, 11) is 0. The van der Waals surface area contributed by atoms with Crippen LogP contribution in [0.4, 0.5) is 22.0 Å². The number of nitrogens with one attached hydrogen (secondary N) is 1. The number of ether oxygens (including phenoxy) is 1. The predicted octanol–water partition coefficient (Wildman–Crippen LogP) is 4.98. The normalized spacial score (nSPS) is 17.0. The van der Waals surface area contributed by atoms with E-state index in [1.165, 1.54) is 15.7 Å². The summed E-state index contributed by atoms with van der Waals surface area (Å²) >= 11 is 0. The molecule has 0 unspecified atom stereocenters. The van der Waals surface area contributed by atoms with Gasteiger partial charge in [0.15, 0.2) is 23.1 Å². The number of benzene rings is 3. The molecule has 7 nitrogen and oxygen atoms in total. The van der Waals surface area contributed by atoms with Gasteiger partial charge >= 0.3 is 0 Å². The van der Waals surface area contributed by atoms with Crippen LogP contribution >= 0.6 is 0 Å². The molecule has 12 heteroatoms. The highest BCUT2D eigenvalue weighted by Gasteiger charge is 2.45. The Balaban J connectivity index is 1.46. The standard InChI is InChI=1S/C32H24F5N3O4/c1-32-11-18-7-25(36)26(37)8-19(18)13-39(16-32)31(43)27-29(44-15-17-5-3-2-4-6-17)28(41)22(14-40(27)32)30(42)38-12-21-23(34)9-20(33)10-24(21)35/h2-10,14H,11-13,15-16H2,1H3,(H,38,42)/t32-/m1/s1. The molecule has 2 aliphatic rings. The van der Waals surface area contributed by atoms with Crippen molar-refractivity contribution in [3.8, 4) is 5.75 Å². The number of aromatic nitrogens is 1. The Morgan fingerprint density at radius 3 is 2.27 bits per heavy atom. The maximum atomic E-state index is 14.3. The first-order chi connectivity index (χ1) is 20.9. The van der Waals surface area contributed by atoms with Gasteiger partial charge in [0.1, 0.15) is 29.6 Å². The van der Waals surface area contributed by atoms with Crippen LogP contribution in [-0.4, -0.2) is 27.8 Å². The zero-order valence-corrected chi connectivity index (χ0v) is 23.2. The maximum absolute atomic E-state index is 14.3. The molecule has 0 saturated heterocycles. The minimum atomic E-state index is -1.23. The minimum Gasteiger partial charge on any atom is -0.483 e. The Morgan fingerprint density at radius 2 is 1.59 bits per heavy atom. The Bertz CT molecular complexity index is 1870. The number of hydrogen-bond donors (Lipinski definition) is 1. The number of carbonyl (C=O) groups excluding carboxylic acids is 2. The van der Waals surface area contributed by atoms with Gasteiger partial charge in [-0.05, 0) is 42.2 Å². The quantitative estimate of drug-likeness (QED) is 0.313. The third-order valence-corrected chi connectivity index (χ3v) is 7.95. The van der Waals surface area contributed by atoms with Crippen molar-refractivity contribution >= 4 is 11.8 Å². The van der Waals surface area contributed by atoms with Crippen LogP contribution in [0.3, 0.4) is 0 Å². The molecule has 3 heterocycles. The van der Waals surface area contributed by atoms with Crippen LogP contribution in [0.1, 0.15) is 50.0 Å². The molecule has 1 atom stereocenters. The molecule has 2 aliphatic heterocycles. The molecule has 3 aromatic carbocycles. The zero-order chi connectivity index (χ0) is 31.3. The molecule has 0 aliphatic carbocycles. The average Bonchev–Trinajstić information content (AvgIpc) is 3.10. The molecular formula is C32H24F5N3O4. The van der Waals surface area contributed by atoms with Gasteiger partial charge in [-0.3, -0.25) is 14.4 Å². The summed E-state index contributed by atoms with van der Waals surface area (Å²) in [6.07, 6.45) is 1.27. The highest BCUT2D eigenvalue weighted by molar-refractivity contribution is 5.99. The molecule has 0 spiro atoms. The first-order valence-electron chi connectivity index (χ1n) is 13.6. The molecular weight excluding hydrogens is 585 g/mol. The van der Waals surface area contributed by atoms with Gasteiger partial charge in [-0.2, -0.15) is 0 Å². The summed E-state index contributed by atoms with van der Waals surface area (Å²) < 4.78 is 77.6. The molecule has 2 bridgehead atoms. The molecule has 0 saturated carbocycles. The van der Waals surface area contributed by atoms with Crippen LogP contribution in [0.15, 0.2) is 65.6 Å². The lowest BCUT2D eigenvalue weighted by molar-refractivity contribution is 0.0557. The molecule has 0 radical (unpaired) electrons. The van der Waals surface area contributed by atoms with Crippen molar-refractivity contribution in [3.63, 3.8) is 0 Å². The molecule has 4 aromatic rings. The van der Waals surface area contributed by atoms with Gasteiger partial charge in [0, 0.05) is 43.5 Å². The molecule has 44 heavy (non-hydrogen) atoms. The van der Waals surface area contributed by atoms with E-state index in [4.69, 9.17) is 4.74 Å². The molecule has 1 N–H and O–H groups in total. The van der Waals surface area contributed by atoms with E-state index in [9.17, 15) is 36.3 Å². The second kappa shape index (κ2) is 10.9. The smallest absolute Gasteiger partial charge is 0.274 e. The SMILES string of the molecule is C[C@@]12Cc3cc(F)c(F)cc3CN(C1)C(=O)c1c(OCc3ccccc3)c(=O)c(C(=O)NCc3c(F)cc(F)cc3F)cn12. The van der Waals surface area contributed by atoms with Crippen LogP contribution in [0.25, 0.3) is 0 Å². The third kappa shape index (κ3) is 5.10. The number of rotatable bonds is 6. The van der Waals surface area contributed by atoms with E-state index in [0.717, 1.165) is 12.1 Å². The molecule has 226 valence electrons. The fourth-order valence-electron chi connectivity index (χ4n) is 5.78. The summed E-state index contributed by atoms with van der Waals surface area (Å²) in [5.74, 6) is -7.79. The van der Waals surface area contributed by atoms with Crippen LogP contribution in [0, 0.1) is 29.1 Å². The number of hydrogen-bond acceptors (Lipinski definition) is 4. The number of pyridine rings is 1. The van der Waals surface area contributed by atoms with Crippen molar-refractivity contribution in [2.24, 2.45) is 0 Å². The summed E-state index contributed by atoms with van der Waals surface area (Å²) in [4.78, 5) is 42.4. The molecule has 6 rings (SSSR count). The van der Waals surface area contributed by atoms with E-state index in [1.54, 1.807) is 37.3 Å². The van der Waals surface area contributed by atoms with E-state index in [-0.39, 0.29) is 31.8 Å². The van der Waals surface area contributed by atoms with Gasteiger partial charge in [-0.15, -0.1) is 0 Å². The van der Waals surface area contributed by atoms with Crippen molar-refractivity contribution in [2.45, 2.75) is 38.6 Å². The second-order valence-corrected chi connectivity index (χ2v) is 11.1. The number of amides is 2. The van der Waals surface area contributed by atoms with Crippen molar-refractivity contribution in [1.82, 2.24) is 14.8 Å². The highest BCUT2D eigenvalue weighted by atomic mass is 19.2. The minimum absolute atomic E-state index is 0.0513. The summed E-state index contributed by atoms with van der Waals surface area (Å²) in [5, 5.41) is 2.29. The Hall–Kier alpha value is -5.00. The van der Waals surface area contributed by atoms with Gasteiger partial charge in [0.2, 0.25) is 5.43 Å². The Morgan fingerprint density at radius 1 is 0.932 bits per heavy atom. The Kier molecular flexibility index (Phi) is 7.22. The van der Waals surface area contributed by atoms with E-state index in [0.29, 0.717) is 28.8 Å². The van der Waals surface area contributed by atoms with Crippen LogP contribution < -0.4 is 15.5 Å². The number of halogens is 5. The van der Waals surface area contributed by atoms with E-state index in [2.05, 4.69) is 5.32 Å². The summed E-state index contributed by atoms with van der Waals surface area (Å²) in [6.45, 7) is 0.916. The monoisotopic (exact) mass is 609 g/mol. The van der Waals surface area contributed by atoms with Crippen LogP contribution in [0.2, 0.25) is 0 Å². The summed E-state index contributed by atoms with van der Waals surface area (Å²) in [5.41, 5.74) is -1.77. The lowest BCUT2D eigenvalue weighted by Gasteiger charge is -2.42. The maximum Gasteiger partial charge on any atom is 0.274 e. The van der Waals surface area contributed by atoms with Crippen molar-refractivity contribution < 1.29 is 36.3 Å². The summed E-state index contributed by atoms with van der Waals surface area (Å²) in [6, 6.07) is 11.8. The lowest BCUT2D eigenvalue weighted by Crippen LogP contribution is -2.53. The number of carbonyl (C=O) groups is 2. The van der Waals surface area contributed by atoms with Gasteiger partial charge < -0.3 is 19.5 Å². The Labute approximate surface area is 247 Å². The second-order valence-electron chi connectivity index (χ2n) is 11.1. The van der Waals surface area contributed by atoms with Crippen LogP contribution in [-0.2, 0) is 31.7 Å². The highest BCUT2D eigenvalue weighted by Crippen LogP contribution is 2.38. The van der Waals surface area contributed by atoms with E-state index >= 15 is 0 Å². The van der Waals surface area contributed by atoms with Crippen molar-refractivity contribution in [3.05, 3.63) is 134 Å². The number of fused-ring (bicyclic) bond motifs is 5. The molecule has 0 fully saturated rings. The fraction of sp³-hybridized carbons (Fsp3) is 0.219. The van der Waals surface area contributed by atoms with Gasteiger partial charge in [-0.25, -0.2) is 22.0 Å². The molecule has 2 amide bonds. The van der Waals surface area contributed by atoms with Gasteiger partial charge in [0.05, 0.1) is 5.54 Å². The van der Waals surface area contributed by atoms with Gasteiger partial charge in [0.25, 0.3) is 11.8 Å². The molecule has 1 aromatic heterocycles. The fourth-order valence-corrected chi connectivity index (χ4v) is 5.78. The zero-order valence-electron chi connectivity index (χ0n) is 23.2. The average molecular weight is 610 g/mol. The van der Waals surface area contributed by atoms with Crippen molar-refractivity contribution in [2.75, 3.05) is 6.54 Å². The largest absolute Gasteiger partial charge is 0.483 e. The van der Waals surface area contributed by atoms with E-state index < -0.39 is 75.3 Å². The topological polar surface area (TPSA) is 80.6 Å². The number of nitrogens with zero attached hydrogens (tertiary/aromatic N) is 2. The van der Waals surface area contributed by atoms with E-state index in [1.807, 2.05) is 0 Å². The van der Waals surface area contributed by atoms with Crippen LogP contribution in [0.5, 0.6) is 5.75 Å². The van der Waals surface area contributed by atoms with Crippen molar-refractivity contribution in [1.29, 1.82) is 0 Å². The first-order valence-corrected chi connectivity index (χ1v) is 13.6. The first kappa shape index (κ1) is 29.1.